The lowest BCUT2D eigenvalue weighted by Crippen LogP contribution is -2.30. The average molecular weight is 254 g/mol. The van der Waals surface area contributed by atoms with Crippen LogP contribution in [0.2, 0.25) is 0 Å². The van der Waals surface area contributed by atoms with Gasteiger partial charge in [-0.3, -0.25) is 4.79 Å². The minimum Gasteiger partial charge on any atom is -0.352 e. The van der Waals surface area contributed by atoms with Crippen LogP contribution in [-0.2, 0) is 0 Å². The van der Waals surface area contributed by atoms with Crippen molar-refractivity contribution in [3.8, 4) is 0 Å². The molecule has 2 nitrogen and oxygen atoms in total. The molecule has 1 aromatic carbocycles. The van der Waals surface area contributed by atoms with Crippen LogP contribution in [0.25, 0.3) is 0 Å². The second-order valence-corrected chi connectivity index (χ2v) is 4.55. The Morgan fingerprint density at radius 3 is 2.65 bits per heavy atom. The summed E-state index contributed by atoms with van der Waals surface area (Å²) in [5.74, 6) is 0.969. The number of amides is 1. The highest BCUT2D eigenvalue weighted by Gasteiger charge is 2.09. The van der Waals surface area contributed by atoms with Gasteiger partial charge in [-0.15, -0.1) is 11.6 Å². The van der Waals surface area contributed by atoms with Gasteiger partial charge in [-0.05, 0) is 24.5 Å². The van der Waals surface area contributed by atoms with Gasteiger partial charge < -0.3 is 5.32 Å². The van der Waals surface area contributed by atoms with Crippen LogP contribution in [-0.4, -0.2) is 18.3 Å². The van der Waals surface area contributed by atoms with Crippen LogP contribution in [0.3, 0.4) is 0 Å². The van der Waals surface area contributed by atoms with Crippen molar-refractivity contribution in [1.82, 2.24) is 5.32 Å². The first kappa shape index (κ1) is 14.0. The fraction of sp³-hybridized carbons (Fsp3) is 0.500. The van der Waals surface area contributed by atoms with Gasteiger partial charge in [0, 0.05) is 18.0 Å². The van der Waals surface area contributed by atoms with E-state index in [2.05, 4.69) is 12.2 Å². The zero-order chi connectivity index (χ0) is 12.5. The van der Waals surface area contributed by atoms with Gasteiger partial charge in [0.25, 0.3) is 5.91 Å². The van der Waals surface area contributed by atoms with E-state index >= 15 is 0 Å². The minimum absolute atomic E-state index is 0.0165. The number of carbonyl (C=O) groups is 1. The molecule has 0 heterocycles. The smallest absolute Gasteiger partial charge is 0.251 e. The Balaban J connectivity index is 2.36. The maximum Gasteiger partial charge on any atom is 0.251 e. The molecular formula is C14H20ClNO. The lowest BCUT2D eigenvalue weighted by molar-refractivity contribution is 0.0947. The Hall–Kier alpha value is -1.02. The molecule has 0 fully saturated rings. The van der Waals surface area contributed by atoms with Crippen molar-refractivity contribution in [2.45, 2.75) is 26.2 Å². The largest absolute Gasteiger partial charge is 0.352 e. The van der Waals surface area contributed by atoms with Gasteiger partial charge in [0.05, 0.1) is 0 Å². The van der Waals surface area contributed by atoms with Crippen LogP contribution in [0.15, 0.2) is 30.3 Å². The van der Waals surface area contributed by atoms with Crippen molar-refractivity contribution < 1.29 is 4.79 Å². The molecule has 0 saturated carbocycles. The molecule has 1 atom stereocenters. The molecule has 0 aliphatic heterocycles. The second-order valence-electron chi connectivity index (χ2n) is 4.24. The van der Waals surface area contributed by atoms with E-state index in [1.807, 2.05) is 30.3 Å². The number of hydrogen-bond donors (Lipinski definition) is 1. The summed E-state index contributed by atoms with van der Waals surface area (Å²) in [6.07, 6.45) is 3.41. The first-order valence-electron chi connectivity index (χ1n) is 6.17. The summed E-state index contributed by atoms with van der Waals surface area (Å²) in [5.41, 5.74) is 0.705. The summed E-state index contributed by atoms with van der Waals surface area (Å²) >= 11 is 5.88. The normalized spacial score (nSPS) is 12.1. The number of nitrogens with one attached hydrogen (secondary N) is 1. The monoisotopic (exact) mass is 253 g/mol. The molecule has 0 aliphatic rings. The lowest BCUT2D eigenvalue weighted by atomic mass is 10.0. The molecule has 17 heavy (non-hydrogen) atoms. The third kappa shape index (κ3) is 5.22. The predicted octanol–water partition coefficient (Wildman–Crippen LogP) is 3.46. The van der Waals surface area contributed by atoms with Gasteiger partial charge in [-0.2, -0.15) is 0 Å². The zero-order valence-corrected chi connectivity index (χ0v) is 11.0. The molecule has 94 valence electrons. The fourth-order valence-corrected chi connectivity index (χ4v) is 1.92. The zero-order valence-electron chi connectivity index (χ0n) is 10.3. The van der Waals surface area contributed by atoms with Crippen LogP contribution >= 0.6 is 11.6 Å². The summed E-state index contributed by atoms with van der Waals surface area (Å²) in [7, 11) is 0. The molecule has 0 bridgehead atoms. The molecule has 1 aromatic rings. The Morgan fingerprint density at radius 1 is 1.35 bits per heavy atom. The Labute approximate surface area is 108 Å². The van der Waals surface area contributed by atoms with Gasteiger partial charge in [-0.25, -0.2) is 0 Å². The van der Waals surface area contributed by atoms with E-state index in [0.717, 1.165) is 6.42 Å². The molecule has 3 heteroatoms. The number of unbranched alkanes of at least 4 members (excludes halogenated alkanes) is 1. The first-order chi connectivity index (χ1) is 8.27. The summed E-state index contributed by atoms with van der Waals surface area (Å²) in [4.78, 5) is 11.8. The SMILES string of the molecule is CCCCC(CCl)CNC(=O)c1ccccc1. The number of hydrogen-bond acceptors (Lipinski definition) is 1. The topological polar surface area (TPSA) is 29.1 Å². The van der Waals surface area contributed by atoms with E-state index < -0.39 is 0 Å². The van der Waals surface area contributed by atoms with Crippen molar-refractivity contribution in [3.05, 3.63) is 35.9 Å². The van der Waals surface area contributed by atoms with Crippen molar-refractivity contribution in [3.63, 3.8) is 0 Å². The van der Waals surface area contributed by atoms with Gasteiger partial charge in [0.15, 0.2) is 0 Å². The van der Waals surface area contributed by atoms with Gasteiger partial charge in [-0.1, -0.05) is 38.0 Å². The van der Waals surface area contributed by atoms with Gasteiger partial charge in [0.1, 0.15) is 0 Å². The minimum atomic E-state index is -0.0165. The van der Waals surface area contributed by atoms with Crippen LogP contribution in [0, 0.1) is 5.92 Å². The molecular weight excluding hydrogens is 234 g/mol. The number of halogens is 1. The summed E-state index contributed by atoms with van der Waals surface area (Å²) < 4.78 is 0. The quantitative estimate of drug-likeness (QED) is 0.741. The maximum absolute atomic E-state index is 11.8. The first-order valence-corrected chi connectivity index (χ1v) is 6.70. The molecule has 0 radical (unpaired) electrons. The number of benzene rings is 1. The van der Waals surface area contributed by atoms with Crippen molar-refractivity contribution in [2.75, 3.05) is 12.4 Å². The highest BCUT2D eigenvalue weighted by Crippen LogP contribution is 2.09. The van der Waals surface area contributed by atoms with Crippen LogP contribution in [0.1, 0.15) is 36.5 Å². The molecule has 1 unspecified atom stereocenters. The Kier molecular flexibility index (Phi) is 6.71. The molecule has 1 N–H and O–H groups in total. The molecule has 0 aromatic heterocycles. The van der Waals surface area contributed by atoms with Crippen molar-refractivity contribution in [2.24, 2.45) is 5.92 Å². The summed E-state index contributed by atoms with van der Waals surface area (Å²) in [5, 5.41) is 2.94. The van der Waals surface area contributed by atoms with Gasteiger partial charge in [0.2, 0.25) is 0 Å². The fourth-order valence-electron chi connectivity index (χ4n) is 1.66. The Bertz CT molecular complexity index is 326. The number of carbonyl (C=O) groups excluding carboxylic acids is 1. The molecule has 0 spiro atoms. The predicted molar refractivity (Wildman–Crippen MR) is 72.5 cm³/mol. The van der Waals surface area contributed by atoms with Crippen LogP contribution < -0.4 is 5.32 Å². The number of alkyl halides is 1. The van der Waals surface area contributed by atoms with E-state index in [0.29, 0.717) is 23.9 Å². The van der Waals surface area contributed by atoms with E-state index in [1.54, 1.807) is 0 Å². The standard InChI is InChI=1S/C14H20ClNO/c1-2-3-7-12(10-15)11-16-14(17)13-8-5-4-6-9-13/h4-6,8-9,12H,2-3,7,10-11H2,1H3,(H,16,17). The highest BCUT2D eigenvalue weighted by molar-refractivity contribution is 6.18. The molecule has 0 aliphatic carbocycles. The van der Waals surface area contributed by atoms with E-state index in [4.69, 9.17) is 11.6 Å². The van der Waals surface area contributed by atoms with Crippen LogP contribution in [0.5, 0.6) is 0 Å². The van der Waals surface area contributed by atoms with E-state index in [9.17, 15) is 4.79 Å². The van der Waals surface area contributed by atoms with E-state index in [-0.39, 0.29) is 5.91 Å². The summed E-state index contributed by atoms with van der Waals surface area (Å²) in [6.45, 7) is 2.82. The van der Waals surface area contributed by atoms with Crippen LogP contribution in [0.4, 0.5) is 0 Å². The average Bonchev–Trinajstić information content (AvgIpc) is 2.39. The second kappa shape index (κ2) is 8.13. The third-order valence-electron chi connectivity index (χ3n) is 2.77. The molecule has 1 amide bonds. The highest BCUT2D eigenvalue weighted by atomic mass is 35.5. The number of rotatable bonds is 7. The van der Waals surface area contributed by atoms with Crippen molar-refractivity contribution >= 4 is 17.5 Å². The van der Waals surface area contributed by atoms with E-state index in [1.165, 1.54) is 12.8 Å². The lowest BCUT2D eigenvalue weighted by Gasteiger charge is -2.14. The maximum atomic E-state index is 11.8. The van der Waals surface area contributed by atoms with Crippen molar-refractivity contribution in [1.29, 1.82) is 0 Å². The molecule has 1 rings (SSSR count). The van der Waals surface area contributed by atoms with Gasteiger partial charge >= 0.3 is 0 Å². The Morgan fingerprint density at radius 2 is 2.06 bits per heavy atom. The third-order valence-corrected chi connectivity index (χ3v) is 3.21. The molecule has 0 saturated heterocycles. The summed E-state index contributed by atoms with van der Waals surface area (Å²) in [6, 6.07) is 9.27.